The van der Waals surface area contributed by atoms with Crippen LogP contribution in [0.3, 0.4) is 0 Å². The maximum Gasteiger partial charge on any atom is 0.275 e. The molecule has 7 heteroatoms. The summed E-state index contributed by atoms with van der Waals surface area (Å²) in [4.78, 5) is 20.2. The minimum Gasteiger partial charge on any atom is -0.320 e. The lowest BCUT2D eigenvalue weighted by Crippen LogP contribution is -2.16. The zero-order valence-corrected chi connectivity index (χ0v) is 12.3. The first kappa shape index (κ1) is 14.7. The molecule has 0 saturated heterocycles. The van der Waals surface area contributed by atoms with Crippen molar-refractivity contribution in [2.45, 2.75) is 12.1 Å². The normalized spacial score (nSPS) is 10.4. The summed E-state index contributed by atoms with van der Waals surface area (Å²) in [6.07, 6.45) is 3.18. The molecule has 1 heterocycles. The Morgan fingerprint density at radius 3 is 2.85 bits per heavy atom. The average molecular weight is 312 g/mol. The van der Waals surface area contributed by atoms with E-state index in [1.165, 1.54) is 36.2 Å². The smallest absolute Gasteiger partial charge is 0.275 e. The molecule has 2 rings (SSSR count). The van der Waals surface area contributed by atoms with Gasteiger partial charge in [-0.25, -0.2) is 14.4 Å². The maximum absolute atomic E-state index is 13.0. The summed E-state index contributed by atoms with van der Waals surface area (Å²) in [6, 6.07) is 4.11. The van der Waals surface area contributed by atoms with E-state index in [1.54, 1.807) is 13.2 Å². The predicted molar refractivity (Wildman–Crippen MR) is 77.9 cm³/mol. The lowest BCUT2D eigenvalue weighted by molar-refractivity contribution is 0.102. The van der Waals surface area contributed by atoms with Crippen LogP contribution in [-0.4, -0.2) is 22.1 Å². The zero-order valence-electron chi connectivity index (χ0n) is 10.8. The second-order valence-electron chi connectivity index (χ2n) is 3.97. The number of aromatic nitrogens is 2. The van der Waals surface area contributed by atoms with Crippen molar-refractivity contribution in [3.8, 4) is 0 Å². The van der Waals surface area contributed by atoms with E-state index in [-0.39, 0.29) is 16.5 Å². The zero-order chi connectivity index (χ0) is 14.7. The molecule has 0 fully saturated rings. The standard InChI is InChI=1S/C13H11ClFN3OS/c1-7-5-8(15)3-4-10(7)17-12(19)11-9(14)6-16-13(18-11)20-2/h3-6H,1-2H3,(H,17,19). The van der Waals surface area contributed by atoms with Gasteiger partial charge in [-0.1, -0.05) is 23.4 Å². The Hall–Kier alpha value is -1.66. The lowest BCUT2D eigenvalue weighted by atomic mass is 10.2. The van der Waals surface area contributed by atoms with Gasteiger partial charge in [0.25, 0.3) is 5.91 Å². The molecule has 1 amide bonds. The SMILES string of the molecule is CSc1ncc(Cl)c(C(=O)Nc2ccc(F)cc2C)n1. The molecule has 1 aromatic heterocycles. The van der Waals surface area contributed by atoms with Crippen molar-refractivity contribution < 1.29 is 9.18 Å². The summed E-state index contributed by atoms with van der Waals surface area (Å²) in [5.41, 5.74) is 1.22. The Balaban J connectivity index is 2.28. The Morgan fingerprint density at radius 1 is 1.45 bits per heavy atom. The summed E-state index contributed by atoms with van der Waals surface area (Å²) in [7, 11) is 0. The van der Waals surface area contributed by atoms with Gasteiger partial charge in [-0.2, -0.15) is 0 Å². The molecule has 0 radical (unpaired) electrons. The van der Waals surface area contributed by atoms with Gasteiger partial charge in [0.05, 0.1) is 11.2 Å². The number of nitrogens with zero attached hydrogens (tertiary/aromatic N) is 2. The summed E-state index contributed by atoms with van der Waals surface area (Å²) in [5.74, 6) is -0.812. The van der Waals surface area contributed by atoms with Crippen molar-refractivity contribution in [2.75, 3.05) is 11.6 Å². The van der Waals surface area contributed by atoms with Gasteiger partial charge in [0, 0.05) is 5.69 Å². The van der Waals surface area contributed by atoms with Crippen LogP contribution >= 0.6 is 23.4 Å². The lowest BCUT2D eigenvalue weighted by Gasteiger charge is -2.09. The van der Waals surface area contributed by atoms with Crippen LogP contribution in [0.2, 0.25) is 5.02 Å². The molecule has 1 aromatic carbocycles. The molecule has 0 aliphatic heterocycles. The van der Waals surface area contributed by atoms with E-state index >= 15 is 0 Å². The van der Waals surface area contributed by atoms with Crippen LogP contribution in [0.25, 0.3) is 0 Å². The van der Waals surface area contributed by atoms with Crippen LogP contribution in [0.4, 0.5) is 10.1 Å². The van der Waals surface area contributed by atoms with Crippen molar-refractivity contribution in [3.63, 3.8) is 0 Å². The molecule has 0 aliphatic carbocycles. The van der Waals surface area contributed by atoms with Crippen LogP contribution in [0.15, 0.2) is 29.6 Å². The molecule has 0 aliphatic rings. The molecule has 0 unspecified atom stereocenters. The topological polar surface area (TPSA) is 54.9 Å². The van der Waals surface area contributed by atoms with E-state index in [2.05, 4.69) is 15.3 Å². The molecule has 0 atom stereocenters. The average Bonchev–Trinajstić information content (AvgIpc) is 2.42. The summed E-state index contributed by atoms with van der Waals surface area (Å²) >= 11 is 7.23. The third kappa shape index (κ3) is 3.26. The highest BCUT2D eigenvalue weighted by molar-refractivity contribution is 7.98. The fraction of sp³-hybridized carbons (Fsp3) is 0.154. The third-order valence-corrected chi connectivity index (χ3v) is 3.39. The monoisotopic (exact) mass is 311 g/mol. The highest BCUT2D eigenvalue weighted by Crippen LogP contribution is 2.20. The first-order valence-corrected chi connectivity index (χ1v) is 7.25. The highest BCUT2D eigenvalue weighted by Gasteiger charge is 2.15. The fourth-order valence-electron chi connectivity index (χ4n) is 1.56. The maximum atomic E-state index is 13.0. The minimum absolute atomic E-state index is 0.0924. The number of nitrogens with one attached hydrogen (secondary N) is 1. The van der Waals surface area contributed by atoms with Crippen molar-refractivity contribution in [1.29, 1.82) is 0 Å². The van der Waals surface area contributed by atoms with E-state index in [4.69, 9.17) is 11.6 Å². The van der Waals surface area contributed by atoms with E-state index in [0.29, 0.717) is 16.4 Å². The number of rotatable bonds is 3. The Bertz CT molecular complexity index is 666. The van der Waals surface area contributed by atoms with Gasteiger partial charge in [0.15, 0.2) is 10.9 Å². The number of hydrogen-bond acceptors (Lipinski definition) is 4. The van der Waals surface area contributed by atoms with Crippen LogP contribution in [0.5, 0.6) is 0 Å². The first-order valence-electron chi connectivity index (χ1n) is 5.65. The predicted octanol–water partition coefficient (Wildman–Crippen LogP) is 3.55. The number of amides is 1. The van der Waals surface area contributed by atoms with Gasteiger partial charge in [-0.15, -0.1) is 0 Å². The quantitative estimate of drug-likeness (QED) is 0.695. The minimum atomic E-state index is -0.456. The van der Waals surface area contributed by atoms with Gasteiger partial charge < -0.3 is 5.32 Å². The number of carbonyl (C=O) groups excluding carboxylic acids is 1. The van der Waals surface area contributed by atoms with Crippen LogP contribution in [0, 0.1) is 12.7 Å². The Kier molecular flexibility index (Phi) is 4.57. The highest BCUT2D eigenvalue weighted by atomic mass is 35.5. The van der Waals surface area contributed by atoms with Gasteiger partial charge in [0.1, 0.15) is 5.82 Å². The van der Waals surface area contributed by atoms with Gasteiger partial charge in [-0.3, -0.25) is 4.79 Å². The van der Waals surface area contributed by atoms with Gasteiger partial charge in [-0.05, 0) is 36.9 Å². The fourth-order valence-corrected chi connectivity index (χ4v) is 2.07. The van der Waals surface area contributed by atoms with Gasteiger partial charge >= 0.3 is 0 Å². The molecule has 0 spiro atoms. The second kappa shape index (κ2) is 6.19. The summed E-state index contributed by atoms with van der Waals surface area (Å²) in [6.45, 7) is 1.70. The Labute approximate surface area is 124 Å². The van der Waals surface area contributed by atoms with E-state index < -0.39 is 5.91 Å². The number of carbonyl (C=O) groups is 1. The molecule has 20 heavy (non-hydrogen) atoms. The molecule has 0 bridgehead atoms. The number of aryl methyl sites for hydroxylation is 1. The van der Waals surface area contributed by atoms with E-state index in [9.17, 15) is 9.18 Å². The largest absolute Gasteiger partial charge is 0.320 e. The molecule has 0 saturated carbocycles. The molecule has 104 valence electrons. The van der Waals surface area contributed by atoms with E-state index in [1.807, 2.05) is 0 Å². The van der Waals surface area contributed by atoms with Crippen LogP contribution in [0.1, 0.15) is 16.1 Å². The second-order valence-corrected chi connectivity index (χ2v) is 5.15. The number of halogens is 2. The number of hydrogen-bond donors (Lipinski definition) is 1. The third-order valence-electron chi connectivity index (χ3n) is 2.56. The molecular formula is C13H11ClFN3OS. The molecule has 1 N–H and O–H groups in total. The molecule has 2 aromatic rings. The van der Waals surface area contributed by atoms with Crippen molar-refractivity contribution >= 4 is 35.0 Å². The Morgan fingerprint density at radius 2 is 2.20 bits per heavy atom. The van der Waals surface area contributed by atoms with Crippen molar-refractivity contribution in [3.05, 3.63) is 46.5 Å². The van der Waals surface area contributed by atoms with Gasteiger partial charge in [0.2, 0.25) is 0 Å². The van der Waals surface area contributed by atoms with Crippen molar-refractivity contribution in [2.24, 2.45) is 0 Å². The van der Waals surface area contributed by atoms with Crippen LogP contribution < -0.4 is 5.32 Å². The summed E-state index contributed by atoms with van der Waals surface area (Å²) < 4.78 is 13.0. The number of benzene rings is 1. The molecular weight excluding hydrogens is 301 g/mol. The van der Waals surface area contributed by atoms with Crippen LogP contribution in [-0.2, 0) is 0 Å². The molecule has 4 nitrogen and oxygen atoms in total. The van der Waals surface area contributed by atoms with E-state index in [0.717, 1.165) is 0 Å². The first-order chi connectivity index (χ1) is 9.51. The summed E-state index contributed by atoms with van der Waals surface area (Å²) in [5, 5.41) is 3.28. The van der Waals surface area contributed by atoms with Crippen molar-refractivity contribution in [1.82, 2.24) is 9.97 Å². The number of anilines is 1. The number of thioether (sulfide) groups is 1.